The molecule has 1 aromatic heterocycles. The predicted octanol–water partition coefficient (Wildman–Crippen LogP) is 3.94. The third kappa shape index (κ3) is 5.35. The Balaban J connectivity index is 1.62. The van der Waals surface area contributed by atoms with Gasteiger partial charge in [0.05, 0.1) is 30.7 Å². The summed E-state index contributed by atoms with van der Waals surface area (Å²) < 4.78 is 4.52. The smallest absolute Gasteiger partial charge is 0.407 e. The normalized spacial score (nSPS) is 13.7. The van der Waals surface area contributed by atoms with Crippen molar-refractivity contribution in [1.29, 1.82) is 0 Å². The van der Waals surface area contributed by atoms with Gasteiger partial charge in [0.15, 0.2) is 5.13 Å². The zero-order chi connectivity index (χ0) is 19.9. The van der Waals surface area contributed by atoms with Gasteiger partial charge < -0.3 is 20.3 Å². The third-order valence-electron chi connectivity index (χ3n) is 4.47. The number of anilines is 3. The second kappa shape index (κ2) is 9.41. The van der Waals surface area contributed by atoms with E-state index in [2.05, 4.69) is 43.6 Å². The molecule has 3 N–H and O–H groups in total. The summed E-state index contributed by atoms with van der Waals surface area (Å²) in [5.74, 6) is 0. The quantitative estimate of drug-likeness (QED) is 0.703. The number of rotatable bonds is 5. The number of alkyl carbamates (subject to hydrolysis) is 1. The van der Waals surface area contributed by atoms with Crippen LogP contribution in [0.3, 0.4) is 0 Å². The van der Waals surface area contributed by atoms with Gasteiger partial charge in [0.2, 0.25) is 0 Å². The van der Waals surface area contributed by atoms with Crippen LogP contribution in [-0.2, 0) is 11.3 Å². The van der Waals surface area contributed by atoms with Crippen LogP contribution in [0.4, 0.5) is 26.1 Å². The number of aromatic nitrogens is 1. The number of urea groups is 1. The average molecular weight is 404 g/mol. The molecule has 0 aliphatic carbocycles. The van der Waals surface area contributed by atoms with Crippen molar-refractivity contribution in [3.8, 4) is 0 Å². The average Bonchev–Trinajstić information content (AvgIpc) is 3.15. The zero-order valence-electron chi connectivity index (χ0n) is 16.1. The fourth-order valence-electron chi connectivity index (χ4n) is 3.07. The number of amides is 3. The van der Waals surface area contributed by atoms with E-state index in [1.807, 2.05) is 12.1 Å². The molecular weight excluding hydrogens is 378 g/mol. The minimum atomic E-state index is -0.523. The van der Waals surface area contributed by atoms with E-state index in [0.717, 1.165) is 30.0 Å². The number of benzene rings is 1. The van der Waals surface area contributed by atoms with Crippen molar-refractivity contribution in [2.75, 3.05) is 35.7 Å². The minimum Gasteiger partial charge on any atom is -0.453 e. The first kappa shape index (κ1) is 19.9. The predicted molar refractivity (Wildman–Crippen MR) is 111 cm³/mol. The number of methoxy groups -OCH3 is 1. The Morgan fingerprint density at radius 1 is 1.21 bits per heavy atom. The van der Waals surface area contributed by atoms with E-state index in [1.54, 1.807) is 5.38 Å². The van der Waals surface area contributed by atoms with E-state index in [4.69, 9.17) is 0 Å². The van der Waals surface area contributed by atoms with Crippen LogP contribution in [0.15, 0.2) is 23.6 Å². The molecule has 1 saturated heterocycles. The molecule has 3 amide bonds. The van der Waals surface area contributed by atoms with Gasteiger partial charge in [-0.15, -0.1) is 11.3 Å². The van der Waals surface area contributed by atoms with Crippen LogP contribution in [0.25, 0.3) is 0 Å². The van der Waals surface area contributed by atoms with Crippen molar-refractivity contribution in [2.24, 2.45) is 0 Å². The first-order valence-electron chi connectivity index (χ1n) is 9.25. The summed E-state index contributed by atoms with van der Waals surface area (Å²) in [5, 5.41) is 10.5. The van der Waals surface area contributed by atoms with Crippen LogP contribution in [0, 0.1) is 6.92 Å². The number of hydrogen-bond donors (Lipinski definition) is 3. The molecule has 0 spiro atoms. The van der Waals surface area contributed by atoms with E-state index in [-0.39, 0.29) is 12.6 Å². The van der Waals surface area contributed by atoms with Gasteiger partial charge in [0.1, 0.15) is 0 Å². The highest BCUT2D eigenvalue weighted by Crippen LogP contribution is 2.30. The number of piperidine rings is 1. The van der Waals surface area contributed by atoms with E-state index in [9.17, 15) is 9.59 Å². The Bertz CT molecular complexity index is 833. The molecule has 0 bridgehead atoms. The van der Waals surface area contributed by atoms with E-state index in [0.29, 0.717) is 10.8 Å². The summed E-state index contributed by atoms with van der Waals surface area (Å²) in [4.78, 5) is 30.2. The number of hydrogen-bond acceptors (Lipinski definition) is 6. The molecular formula is C19H25N5O3S. The van der Waals surface area contributed by atoms with E-state index >= 15 is 0 Å². The van der Waals surface area contributed by atoms with Crippen molar-refractivity contribution in [2.45, 2.75) is 32.7 Å². The Hall–Kier alpha value is -2.81. The lowest BCUT2D eigenvalue weighted by Gasteiger charge is -2.30. The second-order valence-electron chi connectivity index (χ2n) is 6.64. The van der Waals surface area contributed by atoms with Crippen molar-refractivity contribution < 1.29 is 14.3 Å². The van der Waals surface area contributed by atoms with Crippen LogP contribution < -0.4 is 20.9 Å². The first-order valence-corrected chi connectivity index (χ1v) is 10.1. The Labute approximate surface area is 168 Å². The monoisotopic (exact) mass is 403 g/mol. The number of aryl methyl sites for hydroxylation is 1. The van der Waals surface area contributed by atoms with E-state index in [1.165, 1.54) is 37.7 Å². The maximum atomic E-state index is 12.5. The summed E-state index contributed by atoms with van der Waals surface area (Å²) >= 11 is 1.30. The van der Waals surface area contributed by atoms with Gasteiger partial charge in [-0.2, -0.15) is 0 Å². The van der Waals surface area contributed by atoms with Gasteiger partial charge >= 0.3 is 12.1 Å². The van der Waals surface area contributed by atoms with Gasteiger partial charge in [0, 0.05) is 18.5 Å². The number of ether oxygens (including phenoxy) is 1. The number of nitrogens with zero attached hydrogens (tertiary/aromatic N) is 2. The molecule has 0 unspecified atom stereocenters. The number of thiazole rings is 1. The molecule has 0 saturated carbocycles. The van der Waals surface area contributed by atoms with Gasteiger partial charge in [-0.3, -0.25) is 5.32 Å². The lowest BCUT2D eigenvalue weighted by Crippen LogP contribution is -2.31. The van der Waals surface area contributed by atoms with Crippen LogP contribution in [0.5, 0.6) is 0 Å². The third-order valence-corrected chi connectivity index (χ3v) is 5.28. The van der Waals surface area contributed by atoms with Crippen LogP contribution in [-0.4, -0.2) is 37.3 Å². The summed E-state index contributed by atoms with van der Waals surface area (Å²) in [6.45, 7) is 4.30. The van der Waals surface area contributed by atoms with E-state index < -0.39 is 6.09 Å². The maximum Gasteiger partial charge on any atom is 0.407 e. The molecule has 3 rings (SSSR count). The standard InChI is InChI=1S/C19H25N5O3S/c1-13-6-7-15(16(10-13)24-8-4-3-5-9-24)22-17(25)23-18-21-14(12-28-18)11-20-19(26)27-2/h6-7,10,12H,3-5,8-9,11H2,1-2H3,(H,20,26)(H2,21,22,23,25). The Kier molecular flexibility index (Phi) is 6.70. The molecule has 1 aliphatic rings. The van der Waals surface area contributed by atoms with Gasteiger partial charge in [-0.25, -0.2) is 14.6 Å². The van der Waals surface area contributed by atoms with Gasteiger partial charge in [-0.1, -0.05) is 6.07 Å². The fraction of sp³-hybridized carbons (Fsp3) is 0.421. The van der Waals surface area contributed by atoms with Gasteiger partial charge in [-0.05, 0) is 43.9 Å². The Morgan fingerprint density at radius 3 is 2.75 bits per heavy atom. The molecule has 1 aromatic carbocycles. The lowest BCUT2D eigenvalue weighted by molar-refractivity contribution is 0.170. The summed E-state index contributed by atoms with van der Waals surface area (Å²) in [6.07, 6.45) is 3.06. The molecule has 0 atom stereocenters. The van der Waals surface area contributed by atoms with Crippen molar-refractivity contribution >= 4 is 40.0 Å². The van der Waals surface area contributed by atoms with Gasteiger partial charge in [0.25, 0.3) is 0 Å². The largest absolute Gasteiger partial charge is 0.453 e. The van der Waals surface area contributed by atoms with Crippen LogP contribution >= 0.6 is 11.3 Å². The SMILES string of the molecule is COC(=O)NCc1csc(NC(=O)Nc2ccc(C)cc2N2CCCCC2)n1. The molecule has 9 heteroatoms. The minimum absolute atomic E-state index is 0.240. The van der Waals surface area contributed by atoms with Crippen molar-refractivity contribution in [3.05, 3.63) is 34.8 Å². The summed E-state index contributed by atoms with van der Waals surface area (Å²) in [6, 6.07) is 5.69. The number of carbonyl (C=O) groups is 2. The molecule has 28 heavy (non-hydrogen) atoms. The van der Waals surface area contributed by atoms with Crippen molar-refractivity contribution in [1.82, 2.24) is 10.3 Å². The van der Waals surface area contributed by atoms with Crippen LogP contribution in [0.1, 0.15) is 30.5 Å². The molecule has 8 nitrogen and oxygen atoms in total. The molecule has 2 heterocycles. The molecule has 2 aromatic rings. The topological polar surface area (TPSA) is 95.6 Å². The zero-order valence-corrected chi connectivity index (χ0v) is 16.9. The van der Waals surface area contributed by atoms with Crippen LogP contribution in [0.2, 0.25) is 0 Å². The molecule has 0 radical (unpaired) electrons. The Morgan fingerprint density at radius 2 is 2.00 bits per heavy atom. The molecule has 150 valence electrons. The van der Waals surface area contributed by atoms with Crippen molar-refractivity contribution in [3.63, 3.8) is 0 Å². The second-order valence-corrected chi connectivity index (χ2v) is 7.49. The maximum absolute atomic E-state index is 12.5. The molecule has 1 aliphatic heterocycles. The summed E-state index contributed by atoms with van der Waals surface area (Å²) in [7, 11) is 1.30. The highest BCUT2D eigenvalue weighted by molar-refractivity contribution is 7.13. The molecule has 1 fully saturated rings. The first-order chi connectivity index (χ1) is 13.5. The highest BCUT2D eigenvalue weighted by Gasteiger charge is 2.16. The fourth-order valence-corrected chi connectivity index (χ4v) is 3.78. The number of nitrogens with one attached hydrogen (secondary N) is 3. The lowest BCUT2D eigenvalue weighted by atomic mass is 10.1. The highest BCUT2D eigenvalue weighted by atomic mass is 32.1. The summed E-state index contributed by atoms with van der Waals surface area (Å²) in [5.41, 5.74) is 3.65. The number of carbonyl (C=O) groups excluding carboxylic acids is 2.